The average molecular weight is 574 g/mol. The fourth-order valence-corrected chi connectivity index (χ4v) is 5.70. The van der Waals surface area contributed by atoms with Crippen molar-refractivity contribution in [3.05, 3.63) is 72.9 Å². The molecule has 8 nitrogen and oxygen atoms in total. The standard InChI is InChI=1S/C26H39N5O3Si.C6H4/c1-7-9-23(32)29-20-12-11-19-13-15-30(22(19)16-20)14-8-10-24(34-35(5,6)26(2,3)4)31-17-21(25(27)33)28-18-31;1-2-5-4-6(5)3-1/h11-13,15-18,24H,7-10,14H2,1-6H3,(H2,27,33)(H,29,32);1-4H/t24-;/m1./s1. The van der Waals surface area contributed by atoms with Crippen LogP contribution in [0.2, 0.25) is 18.1 Å². The third-order valence-electron chi connectivity index (χ3n) is 7.92. The molecule has 0 bridgehead atoms. The molecule has 2 amide bonds. The van der Waals surface area contributed by atoms with E-state index in [1.807, 2.05) is 29.7 Å². The van der Waals surface area contributed by atoms with Gasteiger partial charge >= 0.3 is 0 Å². The van der Waals surface area contributed by atoms with Crippen LogP contribution in [0, 0.1) is 0 Å². The second-order valence-electron chi connectivity index (χ2n) is 12.2. The van der Waals surface area contributed by atoms with Crippen LogP contribution >= 0.6 is 0 Å². The molecule has 2 aliphatic rings. The van der Waals surface area contributed by atoms with E-state index in [9.17, 15) is 9.59 Å². The fourth-order valence-electron chi connectivity index (χ4n) is 4.43. The van der Waals surface area contributed by atoms with Crippen LogP contribution in [0.3, 0.4) is 0 Å². The van der Waals surface area contributed by atoms with E-state index < -0.39 is 14.2 Å². The number of anilines is 1. The monoisotopic (exact) mass is 573 g/mol. The summed E-state index contributed by atoms with van der Waals surface area (Å²) >= 11 is 0. The third kappa shape index (κ3) is 7.74. The molecular weight excluding hydrogens is 530 g/mol. The number of amides is 2. The van der Waals surface area contributed by atoms with Crippen LogP contribution < -0.4 is 11.1 Å². The van der Waals surface area contributed by atoms with E-state index in [0.717, 1.165) is 42.4 Å². The van der Waals surface area contributed by atoms with Crippen LogP contribution in [-0.4, -0.2) is 34.2 Å². The summed E-state index contributed by atoms with van der Waals surface area (Å²) < 4.78 is 10.8. The highest BCUT2D eigenvalue weighted by Crippen LogP contribution is 2.39. The zero-order valence-electron chi connectivity index (χ0n) is 25.1. The highest BCUT2D eigenvalue weighted by Gasteiger charge is 2.39. The Kier molecular flexibility index (Phi) is 9.19. The molecule has 3 N–H and O–H groups in total. The first-order valence-electron chi connectivity index (χ1n) is 14.4. The molecule has 0 radical (unpaired) electrons. The Morgan fingerprint density at radius 2 is 1.83 bits per heavy atom. The Morgan fingerprint density at radius 3 is 2.39 bits per heavy atom. The summed E-state index contributed by atoms with van der Waals surface area (Å²) in [6, 6.07) is 16.6. The smallest absolute Gasteiger partial charge is 0.268 e. The molecule has 0 saturated heterocycles. The zero-order valence-corrected chi connectivity index (χ0v) is 26.1. The number of rotatable bonds is 11. The minimum Gasteiger partial charge on any atom is -0.397 e. The minimum absolute atomic E-state index is 0.0336. The molecule has 0 spiro atoms. The van der Waals surface area contributed by atoms with Gasteiger partial charge in [0.1, 0.15) is 11.9 Å². The number of hydrogen-bond donors (Lipinski definition) is 2. The van der Waals surface area contributed by atoms with Crippen molar-refractivity contribution >= 4 is 36.7 Å². The molecule has 0 saturated carbocycles. The van der Waals surface area contributed by atoms with Crippen molar-refractivity contribution in [2.75, 3.05) is 5.32 Å². The SMILES string of the molecule is CCCC(=O)Nc1ccc2ccn(CCC[C@@H](O[Si](C)(C)C(C)(C)C)n3cnc(C(N)=O)c3)c2c1.c1cc2cc-2c1. The van der Waals surface area contributed by atoms with Gasteiger partial charge in [0.15, 0.2) is 8.32 Å². The molecule has 3 aromatic rings. The Hall–Kier alpha value is -3.69. The van der Waals surface area contributed by atoms with Crippen molar-refractivity contribution in [1.29, 1.82) is 0 Å². The van der Waals surface area contributed by atoms with E-state index in [1.54, 1.807) is 12.5 Å². The average Bonchev–Trinajstić information content (AvgIpc) is 3.28. The van der Waals surface area contributed by atoms with Gasteiger partial charge in [0, 0.05) is 31.0 Å². The number of nitrogens with zero attached hydrogens (tertiary/aromatic N) is 3. The van der Waals surface area contributed by atoms with Gasteiger partial charge < -0.3 is 24.6 Å². The van der Waals surface area contributed by atoms with Crippen molar-refractivity contribution in [3.8, 4) is 11.1 Å². The van der Waals surface area contributed by atoms with Crippen molar-refractivity contribution in [1.82, 2.24) is 14.1 Å². The second-order valence-corrected chi connectivity index (χ2v) is 17.0. The van der Waals surface area contributed by atoms with Gasteiger partial charge in [-0.1, -0.05) is 52.0 Å². The van der Waals surface area contributed by atoms with Gasteiger partial charge in [0.05, 0.1) is 11.8 Å². The van der Waals surface area contributed by atoms with Crippen molar-refractivity contribution in [3.63, 3.8) is 0 Å². The van der Waals surface area contributed by atoms with E-state index in [0.29, 0.717) is 6.42 Å². The van der Waals surface area contributed by atoms with E-state index in [1.165, 1.54) is 11.1 Å². The number of carbonyl (C=O) groups excluding carboxylic acids is 2. The summed E-state index contributed by atoms with van der Waals surface area (Å²) in [6.07, 6.45) is 8.11. The van der Waals surface area contributed by atoms with Crippen LogP contribution in [0.15, 0.2) is 67.3 Å². The predicted octanol–water partition coefficient (Wildman–Crippen LogP) is 7.34. The van der Waals surface area contributed by atoms with Crippen LogP contribution in [0.4, 0.5) is 5.69 Å². The fraction of sp³-hybridized carbons (Fsp3) is 0.406. The molecule has 9 heteroatoms. The topological polar surface area (TPSA) is 104 Å². The van der Waals surface area contributed by atoms with Gasteiger partial charge in [0.2, 0.25) is 5.91 Å². The number of hydrogen-bond acceptors (Lipinski definition) is 4. The highest BCUT2D eigenvalue weighted by molar-refractivity contribution is 6.74. The number of aromatic nitrogens is 3. The first kappa shape index (κ1) is 30.3. The highest BCUT2D eigenvalue weighted by atomic mass is 28.4. The Bertz CT molecular complexity index is 1500. The molecule has 0 unspecified atom stereocenters. The van der Waals surface area contributed by atoms with Crippen LogP contribution in [-0.2, 0) is 15.8 Å². The number of aryl methyl sites for hydroxylation is 1. The Balaban J connectivity index is 0.000000560. The number of nitrogens with two attached hydrogens (primary N) is 1. The number of benzene rings is 2. The van der Waals surface area contributed by atoms with Gasteiger partial charge in [0.25, 0.3) is 5.91 Å². The van der Waals surface area contributed by atoms with Crippen LogP contribution in [0.1, 0.15) is 70.1 Å². The Labute approximate surface area is 244 Å². The van der Waals surface area contributed by atoms with E-state index >= 15 is 0 Å². The van der Waals surface area contributed by atoms with Gasteiger partial charge in [-0.2, -0.15) is 0 Å². The summed E-state index contributed by atoms with van der Waals surface area (Å²) in [7, 11) is -2.07. The molecule has 0 aliphatic heterocycles. The molecule has 41 heavy (non-hydrogen) atoms. The third-order valence-corrected chi connectivity index (χ3v) is 12.4. The van der Waals surface area contributed by atoms with Gasteiger partial charge in [-0.15, -0.1) is 0 Å². The number of fused-ring (bicyclic) bond motifs is 2. The van der Waals surface area contributed by atoms with Crippen LogP contribution in [0.5, 0.6) is 0 Å². The normalized spacial score (nSPS) is 12.9. The summed E-state index contributed by atoms with van der Waals surface area (Å²) in [6.45, 7) is 13.9. The molecule has 1 atom stereocenters. The summed E-state index contributed by atoms with van der Waals surface area (Å²) in [5.74, 6) is -0.512. The minimum atomic E-state index is -2.07. The molecule has 1 aromatic carbocycles. The lowest BCUT2D eigenvalue weighted by atomic mass is 10.2. The summed E-state index contributed by atoms with van der Waals surface area (Å²) in [4.78, 5) is 27.8. The van der Waals surface area contributed by atoms with Crippen LogP contribution in [0.25, 0.3) is 22.0 Å². The number of nitrogens with one attached hydrogen (secondary N) is 1. The van der Waals surface area contributed by atoms with Crippen molar-refractivity contribution in [2.24, 2.45) is 5.73 Å². The number of carbonyl (C=O) groups is 2. The number of imidazole rings is 1. The molecule has 2 heterocycles. The molecule has 2 aliphatic carbocycles. The molecule has 2 aromatic heterocycles. The Morgan fingerprint density at radius 1 is 1.10 bits per heavy atom. The lowest BCUT2D eigenvalue weighted by Gasteiger charge is -2.39. The van der Waals surface area contributed by atoms with E-state index in [4.69, 9.17) is 10.2 Å². The molecule has 218 valence electrons. The first-order valence-corrected chi connectivity index (χ1v) is 17.3. The lowest BCUT2D eigenvalue weighted by Crippen LogP contribution is -2.42. The second kappa shape index (κ2) is 12.4. The van der Waals surface area contributed by atoms with Gasteiger partial charge in [-0.3, -0.25) is 9.59 Å². The van der Waals surface area contributed by atoms with Crippen molar-refractivity contribution in [2.45, 2.75) is 84.3 Å². The lowest BCUT2D eigenvalue weighted by molar-refractivity contribution is -0.116. The summed E-state index contributed by atoms with van der Waals surface area (Å²) in [5, 5.41) is 4.17. The molecular formula is C32H43N5O3Si. The largest absolute Gasteiger partial charge is 0.397 e. The molecule has 5 rings (SSSR count). The number of primary amides is 1. The van der Waals surface area contributed by atoms with Crippen molar-refractivity contribution < 1.29 is 14.0 Å². The summed E-state index contributed by atoms with van der Waals surface area (Å²) in [5.41, 5.74) is 10.4. The quantitative estimate of drug-likeness (QED) is 0.161. The predicted molar refractivity (Wildman–Crippen MR) is 168 cm³/mol. The maximum Gasteiger partial charge on any atom is 0.268 e. The molecule has 0 fully saturated rings. The maximum absolute atomic E-state index is 12.0. The van der Waals surface area contributed by atoms with Gasteiger partial charge in [-0.05, 0) is 78.2 Å². The van der Waals surface area contributed by atoms with E-state index in [2.05, 4.69) is 85.3 Å². The zero-order chi connectivity index (χ0) is 29.8. The maximum atomic E-state index is 12.0. The first-order chi connectivity index (χ1) is 19.4. The van der Waals surface area contributed by atoms with E-state index in [-0.39, 0.29) is 22.9 Å². The van der Waals surface area contributed by atoms with Gasteiger partial charge in [-0.25, -0.2) is 4.98 Å².